The molecule has 0 aromatic heterocycles. The van der Waals surface area contributed by atoms with E-state index >= 15 is 0 Å². The van der Waals surface area contributed by atoms with Gasteiger partial charge in [-0.25, -0.2) is 0 Å². The van der Waals surface area contributed by atoms with E-state index in [0.717, 1.165) is 11.3 Å². The summed E-state index contributed by atoms with van der Waals surface area (Å²) >= 11 is 6.10. The molecule has 0 aliphatic rings. The van der Waals surface area contributed by atoms with Gasteiger partial charge in [-0.3, -0.25) is 0 Å². The number of nitrogen functional groups attached to an aromatic ring is 1. The summed E-state index contributed by atoms with van der Waals surface area (Å²) in [5, 5.41) is 0.624. The van der Waals surface area contributed by atoms with Crippen LogP contribution in [0.3, 0.4) is 0 Å². The SMILES string of the molecule is Cc1cc(N)c(Cl)cc1N(C)C(C)C(C)(C)C. The predicted octanol–water partition coefficient (Wildman–Crippen LogP) is 4.10. The molecule has 17 heavy (non-hydrogen) atoms. The number of aryl methyl sites for hydroxylation is 1. The van der Waals surface area contributed by atoms with E-state index in [-0.39, 0.29) is 5.41 Å². The third-order valence-electron chi connectivity index (χ3n) is 3.53. The first-order valence-electron chi connectivity index (χ1n) is 5.93. The molecule has 0 bridgehead atoms. The molecule has 0 fully saturated rings. The van der Waals surface area contributed by atoms with Gasteiger partial charge in [-0.05, 0) is 37.0 Å². The Kier molecular flexibility index (Phi) is 3.98. The first-order valence-corrected chi connectivity index (χ1v) is 6.31. The van der Waals surface area contributed by atoms with E-state index in [1.54, 1.807) is 0 Å². The Bertz CT molecular complexity index is 407. The van der Waals surface area contributed by atoms with Gasteiger partial charge >= 0.3 is 0 Å². The summed E-state index contributed by atoms with van der Waals surface area (Å²) < 4.78 is 0. The fourth-order valence-electron chi connectivity index (χ4n) is 1.86. The van der Waals surface area contributed by atoms with Gasteiger partial charge in [0.05, 0.1) is 10.7 Å². The van der Waals surface area contributed by atoms with Crippen LogP contribution in [0.2, 0.25) is 5.02 Å². The summed E-state index contributed by atoms with van der Waals surface area (Å²) in [6, 6.07) is 4.30. The molecule has 0 heterocycles. The Hall–Kier alpha value is -0.890. The highest BCUT2D eigenvalue weighted by Gasteiger charge is 2.25. The number of halogens is 1. The minimum atomic E-state index is 0.217. The number of hydrogen-bond acceptors (Lipinski definition) is 2. The van der Waals surface area contributed by atoms with E-state index in [2.05, 4.69) is 46.6 Å². The number of rotatable bonds is 2. The molecule has 0 saturated carbocycles. The molecule has 96 valence electrons. The van der Waals surface area contributed by atoms with Gasteiger partial charge in [-0.2, -0.15) is 0 Å². The Morgan fingerprint density at radius 2 is 1.82 bits per heavy atom. The molecular formula is C14H23ClN2. The number of anilines is 2. The number of benzene rings is 1. The summed E-state index contributed by atoms with van der Waals surface area (Å²) in [6.45, 7) is 11.0. The standard InChI is InChI=1S/C14H23ClN2/c1-9-7-12(16)11(15)8-13(9)17(6)10(2)14(3,4)5/h7-8,10H,16H2,1-6H3. The van der Waals surface area contributed by atoms with Crippen LogP contribution in [-0.4, -0.2) is 13.1 Å². The molecule has 2 N–H and O–H groups in total. The minimum Gasteiger partial charge on any atom is -0.398 e. The van der Waals surface area contributed by atoms with Crippen molar-refractivity contribution >= 4 is 23.0 Å². The van der Waals surface area contributed by atoms with Gasteiger partial charge in [0, 0.05) is 18.8 Å². The van der Waals surface area contributed by atoms with Crippen LogP contribution >= 0.6 is 11.6 Å². The predicted molar refractivity (Wildman–Crippen MR) is 77.9 cm³/mol. The van der Waals surface area contributed by atoms with E-state index in [4.69, 9.17) is 17.3 Å². The zero-order chi connectivity index (χ0) is 13.4. The second kappa shape index (κ2) is 4.77. The number of nitrogens with two attached hydrogens (primary N) is 1. The highest BCUT2D eigenvalue weighted by molar-refractivity contribution is 6.33. The molecule has 0 radical (unpaired) electrons. The van der Waals surface area contributed by atoms with Crippen LogP contribution in [0.25, 0.3) is 0 Å². The largest absolute Gasteiger partial charge is 0.398 e. The molecule has 3 heteroatoms. The van der Waals surface area contributed by atoms with Crippen LogP contribution in [0.5, 0.6) is 0 Å². The van der Waals surface area contributed by atoms with Crippen LogP contribution in [0.1, 0.15) is 33.3 Å². The summed E-state index contributed by atoms with van der Waals surface area (Å²) in [7, 11) is 2.10. The third kappa shape index (κ3) is 3.06. The van der Waals surface area contributed by atoms with Crippen LogP contribution < -0.4 is 10.6 Å². The molecule has 0 spiro atoms. The van der Waals surface area contributed by atoms with Crippen molar-refractivity contribution in [2.75, 3.05) is 17.7 Å². The highest BCUT2D eigenvalue weighted by Crippen LogP contribution is 2.33. The lowest BCUT2D eigenvalue weighted by Gasteiger charge is -2.37. The normalized spacial score (nSPS) is 13.6. The number of hydrogen-bond donors (Lipinski definition) is 1. The Balaban J connectivity index is 3.13. The van der Waals surface area contributed by atoms with Crippen molar-refractivity contribution in [3.05, 3.63) is 22.7 Å². The highest BCUT2D eigenvalue weighted by atomic mass is 35.5. The molecule has 0 aliphatic carbocycles. The molecule has 1 aromatic rings. The van der Waals surface area contributed by atoms with Gasteiger partial charge < -0.3 is 10.6 Å². The Labute approximate surface area is 110 Å². The molecule has 1 atom stereocenters. The smallest absolute Gasteiger partial charge is 0.0656 e. The van der Waals surface area contributed by atoms with Gasteiger partial charge in [0.2, 0.25) is 0 Å². The van der Waals surface area contributed by atoms with Gasteiger partial charge in [-0.15, -0.1) is 0 Å². The van der Waals surface area contributed by atoms with E-state index in [9.17, 15) is 0 Å². The lowest BCUT2D eigenvalue weighted by Crippen LogP contribution is -2.39. The van der Waals surface area contributed by atoms with Crippen molar-refractivity contribution in [2.24, 2.45) is 5.41 Å². The zero-order valence-corrected chi connectivity index (χ0v) is 12.4. The fraction of sp³-hybridized carbons (Fsp3) is 0.571. The van der Waals surface area contributed by atoms with Crippen molar-refractivity contribution < 1.29 is 0 Å². The monoisotopic (exact) mass is 254 g/mol. The second-order valence-corrected chi connectivity index (χ2v) is 6.22. The van der Waals surface area contributed by atoms with Crippen molar-refractivity contribution in [3.8, 4) is 0 Å². The summed E-state index contributed by atoms with van der Waals surface area (Å²) in [5.41, 5.74) is 8.96. The van der Waals surface area contributed by atoms with Gasteiger partial charge in [0.25, 0.3) is 0 Å². The average Bonchev–Trinajstić information content (AvgIpc) is 2.20. The van der Waals surface area contributed by atoms with Crippen LogP contribution in [0, 0.1) is 12.3 Å². The Morgan fingerprint density at radius 1 is 1.29 bits per heavy atom. The maximum Gasteiger partial charge on any atom is 0.0656 e. The molecule has 0 amide bonds. The molecule has 0 aliphatic heterocycles. The third-order valence-corrected chi connectivity index (χ3v) is 3.86. The minimum absolute atomic E-state index is 0.217. The molecular weight excluding hydrogens is 232 g/mol. The summed E-state index contributed by atoms with van der Waals surface area (Å²) in [4.78, 5) is 2.26. The molecule has 1 unspecified atom stereocenters. The zero-order valence-electron chi connectivity index (χ0n) is 11.6. The molecule has 2 nitrogen and oxygen atoms in total. The number of nitrogens with zero attached hydrogens (tertiary/aromatic N) is 1. The lowest BCUT2D eigenvalue weighted by atomic mass is 9.86. The van der Waals surface area contributed by atoms with Gasteiger partial charge in [0.1, 0.15) is 0 Å². The Morgan fingerprint density at radius 3 is 2.29 bits per heavy atom. The molecule has 0 saturated heterocycles. The first kappa shape index (κ1) is 14.2. The maximum absolute atomic E-state index is 6.10. The fourth-order valence-corrected chi connectivity index (χ4v) is 2.02. The quantitative estimate of drug-likeness (QED) is 0.805. The second-order valence-electron chi connectivity index (χ2n) is 5.81. The average molecular weight is 255 g/mol. The molecule has 1 rings (SSSR count). The van der Waals surface area contributed by atoms with Gasteiger partial charge in [0.15, 0.2) is 0 Å². The van der Waals surface area contributed by atoms with Crippen LogP contribution in [0.4, 0.5) is 11.4 Å². The summed E-state index contributed by atoms with van der Waals surface area (Å²) in [5.74, 6) is 0. The van der Waals surface area contributed by atoms with E-state index < -0.39 is 0 Å². The van der Waals surface area contributed by atoms with Crippen LogP contribution in [-0.2, 0) is 0 Å². The van der Waals surface area contributed by atoms with Crippen molar-refractivity contribution in [1.29, 1.82) is 0 Å². The van der Waals surface area contributed by atoms with E-state index in [1.807, 2.05) is 12.1 Å². The van der Waals surface area contributed by atoms with Crippen molar-refractivity contribution in [2.45, 2.75) is 40.7 Å². The van der Waals surface area contributed by atoms with Crippen molar-refractivity contribution in [3.63, 3.8) is 0 Å². The molecule has 1 aromatic carbocycles. The van der Waals surface area contributed by atoms with E-state index in [1.165, 1.54) is 0 Å². The maximum atomic E-state index is 6.10. The van der Waals surface area contributed by atoms with Crippen LogP contribution in [0.15, 0.2) is 12.1 Å². The van der Waals surface area contributed by atoms with Gasteiger partial charge in [-0.1, -0.05) is 32.4 Å². The topological polar surface area (TPSA) is 29.3 Å². The van der Waals surface area contributed by atoms with E-state index in [0.29, 0.717) is 16.8 Å². The summed E-state index contributed by atoms with van der Waals surface area (Å²) in [6.07, 6.45) is 0. The van der Waals surface area contributed by atoms with Crippen molar-refractivity contribution in [1.82, 2.24) is 0 Å². The first-order chi connectivity index (χ1) is 7.64. The lowest BCUT2D eigenvalue weighted by molar-refractivity contribution is 0.329.